The van der Waals surface area contributed by atoms with Crippen molar-refractivity contribution in [1.82, 2.24) is 15.4 Å². The molecule has 1 aliphatic heterocycles. The van der Waals surface area contributed by atoms with E-state index in [0.29, 0.717) is 56.5 Å². The first-order valence-corrected chi connectivity index (χ1v) is 12.7. The third kappa shape index (κ3) is 6.68. The summed E-state index contributed by atoms with van der Waals surface area (Å²) in [6, 6.07) is 6.69. The molecule has 10 heteroatoms. The molecule has 0 spiro atoms. The Morgan fingerprint density at radius 3 is 2.69 bits per heavy atom. The molecule has 0 radical (unpaired) electrons. The molecule has 0 aliphatic carbocycles. The van der Waals surface area contributed by atoms with Gasteiger partial charge in [-0.25, -0.2) is 18.7 Å². The van der Waals surface area contributed by atoms with Gasteiger partial charge in [-0.05, 0) is 61.4 Å². The second-order valence-corrected chi connectivity index (χ2v) is 9.56. The molecule has 1 aliphatic rings. The summed E-state index contributed by atoms with van der Waals surface area (Å²) in [4.78, 5) is 18.6. The van der Waals surface area contributed by atoms with Crippen molar-refractivity contribution < 1.29 is 33.0 Å². The lowest BCUT2D eigenvalue weighted by atomic mass is 9.87. The molecule has 206 valence electrons. The molecule has 1 fully saturated rings. The molecule has 1 aromatic heterocycles. The number of halogens is 3. The highest BCUT2D eigenvalue weighted by molar-refractivity contribution is 5.84. The first-order valence-electron chi connectivity index (χ1n) is 12.7. The van der Waals surface area contributed by atoms with Gasteiger partial charge in [0.25, 0.3) is 0 Å². The molecular formula is C29H30F3N3O4. The Hall–Kier alpha value is -3.65. The number of carbonyl (C=O) groups is 1. The van der Waals surface area contributed by atoms with Crippen LogP contribution in [0.4, 0.5) is 13.2 Å². The number of aryl methyl sites for hydroxylation is 1. The van der Waals surface area contributed by atoms with Gasteiger partial charge in [0.1, 0.15) is 23.2 Å². The average molecular weight is 542 g/mol. The molecule has 2 aromatic carbocycles. The molecule has 39 heavy (non-hydrogen) atoms. The number of ether oxygens (including phenoxy) is 1. The summed E-state index contributed by atoms with van der Waals surface area (Å²) in [5, 5.41) is 20.0. The van der Waals surface area contributed by atoms with Crippen molar-refractivity contribution in [2.75, 3.05) is 20.2 Å². The van der Waals surface area contributed by atoms with Crippen molar-refractivity contribution in [2.24, 2.45) is 5.92 Å². The van der Waals surface area contributed by atoms with Gasteiger partial charge >= 0.3 is 0 Å². The van der Waals surface area contributed by atoms with Crippen LogP contribution in [-0.4, -0.2) is 52.3 Å². The quantitative estimate of drug-likeness (QED) is 0.226. The topological polar surface area (TPSA) is 94.9 Å². The third-order valence-corrected chi connectivity index (χ3v) is 7.23. The highest BCUT2D eigenvalue weighted by Crippen LogP contribution is 2.29. The minimum atomic E-state index is -1.06. The Kier molecular flexibility index (Phi) is 9.41. The van der Waals surface area contributed by atoms with E-state index in [9.17, 15) is 23.1 Å². The molecule has 0 bridgehead atoms. The van der Waals surface area contributed by atoms with Crippen molar-refractivity contribution in [1.29, 1.82) is 0 Å². The summed E-state index contributed by atoms with van der Waals surface area (Å²) in [7, 11) is 1.59. The van der Waals surface area contributed by atoms with Gasteiger partial charge in [0.2, 0.25) is 5.91 Å². The summed E-state index contributed by atoms with van der Waals surface area (Å²) in [5.74, 6) is 2.00. The van der Waals surface area contributed by atoms with Crippen molar-refractivity contribution >= 4 is 16.8 Å². The van der Waals surface area contributed by atoms with E-state index in [1.165, 1.54) is 0 Å². The number of amides is 1. The first kappa shape index (κ1) is 28.4. The normalized spacial score (nSPS) is 17.5. The lowest BCUT2D eigenvalue weighted by Crippen LogP contribution is -2.46. The van der Waals surface area contributed by atoms with Crippen molar-refractivity contribution in [3.05, 3.63) is 70.7 Å². The van der Waals surface area contributed by atoms with Gasteiger partial charge in [-0.15, -0.1) is 0 Å². The van der Waals surface area contributed by atoms with Crippen LogP contribution in [0.2, 0.25) is 0 Å². The van der Waals surface area contributed by atoms with Crippen molar-refractivity contribution in [2.45, 2.75) is 44.8 Å². The highest BCUT2D eigenvalue weighted by Gasteiger charge is 2.31. The van der Waals surface area contributed by atoms with Crippen LogP contribution in [0.25, 0.3) is 10.9 Å². The lowest BCUT2D eigenvalue weighted by molar-refractivity contribution is -0.135. The summed E-state index contributed by atoms with van der Waals surface area (Å²) in [6.07, 6.45) is 4.67. The standard InChI is InChI=1S/C29H30F3N3O4/c1-39-22-7-8-28-25(15-22)23(19(17-36)16-33-28)5-2-4-21-12-18(29(37)34-38)9-11-35(21)10-3-6-24-26(31)13-20(30)14-27(24)32/h7-8,13-16,18,21,36,38H,2,4-5,9-12,17H2,1H3,(H,34,37). The molecule has 0 saturated carbocycles. The van der Waals surface area contributed by atoms with Crippen molar-refractivity contribution in [3.63, 3.8) is 0 Å². The second-order valence-electron chi connectivity index (χ2n) is 9.56. The zero-order valence-corrected chi connectivity index (χ0v) is 21.5. The van der Waals surface area contributed by atoms with Crippen LogP contribution in [0, 0.1) is 35.2 Å². The minimum absolute atomic E-state index is 0.0847. The fourth-order valence-corrected chi connectivity index (χ4v) is 5.17. The Balaban J connectivity index is 1.51. The molecule has 2 atom stereocenters. The molecule has 2 heterocycles. The number of piperidine rings is 1. The predicted octanol–water partition coefficient (Wildman–Crippen LogP) is 4.11. The third-order valence-electron chi connectivity index (χ3n) is 7.23. The maximum Gasteiger partial charge on any atom is 0.246 e. The van der Waals surface area contributed by atoms with E-state index in [1.807, 2.05) is 23.1 Å². The highest BCUT2D eigenvalue weighted by atomic mass is 19.1. The van der Waals surface area contributed by atoms with Gasteiger partial charge in [-0.3, -0.25) is 19.9 Å². The van der Waals surface area contributed by atoms with Crippen LogP contribution in [0.1, 0.15) is 42.4 Å². The Morgan fingerprint density at radius 2 is 2.00 bits per heavy atom. The molecule has 3 N–H and O–H groups in total. The van der Waals surface area contributed by atoms with E-state index in [2.05, 4.69) is 16.8 Å². The lowest BCUT2D eigenvalue weighted by Gasteiger charge is -2.38. The Bertz CT molecular complexity index is 1380. The van der Waals surface area contributed by atoms with Crippen LogP contribution in [0.5, 0.6) is 5.75 Å². The fraction of sp³-hybridized carbons (Fsp3) is 0.379. The van der Waals surface area contributed by atoms with Crippen LogP contribution in [-0.2, 0) is 17.8 Å². The van der Waals surface area contributed by atoms with Gasteiger partial charge in [0.15, 0.2) is 0 Å². The van der Waals surface area contributed by atoms with Crippen LogP contribution >= 0.6 is 0 Å². The van der Waals surface area contributed by atoms with Gasteiger partial charge in [-0.2, -0.15) is 0 Å². The Labute approximate surface area is 224 Å². The molecule has 1 saturated heterocycles. The van der Waals surface area contributed by atoms with Crippen molar-refractivity contribution in [3.8, 4) is 17.6 Å². The number of carbonyl (C=O) groups excluding carboxylic acids is 1. The summed E-state index contributed by atoms with van der Waals surface area (Å²) >= 11 is 0. The number of hydroxylamine groups is 1. The van der Waals surface area contributed by atoms with E-state index in [1.54, 1.807) is 18.8 Å². The number of nitrogens with zero attached hydrogens (tertiary/aromatic N) is 2. The molecule has 3 aromatic rings. The van der Waals surface area contributed by atoms with E-state index in [-0.39, 0.29) is 25.1 Å². The smallest absolute Gasteiger partial charge is 0.246 e. The average Bonchev–Trinajstić information content (AvgIpc) is 2.94. The van der Waals surface area contributed by atoms with Crippen LogP contribution in [0.3, 0.4) is 0 Å². The van der Waals surface area contributed by atoms with E-state index in [0.717, 1.165) is 22.0 Å². The zero-order chi connectivity index (χ0) is 27.9. The number of likely N-dealkylation sites (tertiary alicyclic amines) is 1. The SMILES string of the molecule is COc1ccc2ncc(CO)c(CCCC3CC(C(=O)NO)CCN3CC#Cc3c(F)cc(F)cc3F)c2c1. The number of fused-ring (bicyclic) bond motifs is 1. The van der Waals surface area contributed by atoms with Gasteiger partial charge in [-0.1, -0.05) is 11.8 Å². The van der Waals surface area contributed by atoms with Gasteiger partial charge < -0.3 is 9.84 Å². The molecule has 2 unspecified atom stereocenters. The second kappa shape index (κ2) is 12.9. The van der Waals surface area contributed by atoms with E-state index in [4.69, 9.17) is 9.94 Å². The summed E-state index contributed by atoms with van der Waals surface area (Å²) in [5.41, 5.74) is 3.73. The largest absolute Gasteiger partial charge is 0.497 e. The maximum absolute atomic E-state index is 14.0. The monoisotopic (exact) mass is 541 g/mol. The number of hydrogen-bond donors (Lipinski definition) is 3. The van der Waals surface area contributed by atoms with Crippen LogP contribution in [0.15, 0.2) is 36.5 Å². The first-order chi connectivity index (χ1) is 18.8. The number of rotatable bonds is 8. The maximum atomic E-state index is 14.0. The number of aliphatic hydroxyl groups excluding tert-OH is 1. The van der Waals surface area contributed by atoms with E-state index >= 15 is 0 Å². The zero-order valence-electron chi connectivity index (χ0n) is 21.5. The summed E-state index contributed by atoms with van der Waals surface area (Å²) in [6.45, 7) is 0.546. The van der Waals surface area contributed by atoms with Crippen LogP contribution < -0.4 is 10.2 Å². The fourth-order valence-electron chi connectivity index (χ4n) is 5.17. The Morgan fingerprint density at radius 1 is 1.23 bits per heavy atom. The van der Waals surface area contributed by atoms with E-state index < -0.39 is 28.9 Å². The van der Waals surface area contributed by atoms with Gasteiger partial charge in [0.05, 0.1) is 31.3 Å². The number of benzene rings is 2. The molecule has 4 rings (SSSR count). The molecule has 1 amide bonds. The number of methoxy groups -OCH3 is 1. The molecular weight excluding hydrogens is 511 g/mol. The number of pyridine rings is 1. The minimum Gasteiger partial charge on any atom is -0.497 e. The molecule has 7 nitrogen and oxygen atoms in total. The number of hydrogen-bond acceptors (Lipinski definition) is 6. The van der Waals surface area contributed by atoms with Gasteiger partial charge in [0, 0.05) is 42.2 Å². The number of nitrogens with one attached hydrogen (secondary N) is 1. The number of aliphatic hydroxyl groups is 1. The predicted molar refractivity (Wildman–Crippen MR) is 138 cm³/mol. The number of aromatic nitrogens is 1. The summed E-state index contributed by atoms with van der Waals surface area (Å²) < 4.78 is 46.5.